The van der Waals surface area contributed by atoms with Crippen LogP contribution in [0.2, 0.25) is 0 Å². The highest BCUT2D eigenvalue weighted by atomic mass is 16.5. The lowest BCUT2D eigenvalue weighted by molar-refractivity contribution is 0.163. The molecular weight excluding hydrogens is 248 g/mol. The first-order chi connectivity index (χ1) is 9.76. The smallest absolute Gasteiger partial charge is 0.297 e. The SMILES string of the molecule is CCCCCCC(CC)Oc1nc2ccccc2n1C. The zero-order chi connectivity index (χ0) is 14.4. The van der Waals surface area contributed by atoms with Crippen molar-refractivity contribution in [2.24, 2.45) is 7.05 Å². The number of aromatic nitrogens is 2. The highest BCUT2D eigenvalue weighted by Gasteiger charge is 2.13. The van der Waals surface area contributed by atoms with Gasteiger partial charge in [0.2, 0.25) is 0 Å². The van der Waals surface area contributed by atoms with E-state index >= 15 is 0 Å². The van der Waals surface area contributed by atoms with Crippen LogP contribution in [0, 0.1) is 0 Å². The van der Waals surface area contributed by atoms with Gasteiger partial charge >= 0.3 is 0 Å². The van der Waals surface area contributed by atoms with Gasteiger partial charge in [0, 0.05) is 7.05 Å². The van der Waals surface area contributed by atoms with Gasteiger partial charge in [-0.25, -0.2) is 0 Å². The van der Waals surface area contributed by atoms with Gasteiger partial charge in [0.25, 0.3) is 6.01 Å². The molecular formula is C17H26N2O. The molecule has 0 spiro atoms. The van der Waals surface area contributed by atoms with E-state index in [9.17, 15) is 0 Å². The van der Waals surface area contributed by atoms with Crippen molar-refractivity contribution >= 4 is 11.0 Å². The first kappa shape index (κ1) is 14.9. The molecule has 2 rings (SSSR count). The van der Waals surface area contributed by atoms with Crippen LogP contribution >= 0.6 is 0 Å². The quantitative estimate of drug-likeness (QED) is 0.652. The third-order valence-corrected chi connectivity index (χ3v) is 3.85. The number of benzene rings is 1. The first-order valence-electron chi connectivity index (χ1n) is 7.84. The Balaban J connectivity index is 2.00. The molecule has 1 aromatic carbocycles. The molecule has 0 aliphatic heterocycles. The van der Waals surface area contributed by atoms with Gasteiger partial charge in [0.1, 0.15) is 6.10 Å². The number of hydrogen-bond donors (Lipinski definition) is 0. The minimum atomic E-state index is 0.280. The number of aryl methyl sites for hydroxylation is 1. The van der Waals surface area contributed by atoms with E-state index in [0.717, 1.165) is 29.9 Å². The van der Waals surface area contributed by atoms with E-state index in [-0.39, 0.29) is 6.10 Å². The van der Waals surface area contributed by atoms with Crippen molar-refractivity contribution < 1.29 is 4.74 Å². The predicted molar refractivity (Wildman–Crippen MR) is 84.2 cm³/mol. The number of unbranched alkanes of at least 4 members (excludes halogenated alkanes) is 3. The standard InChI is InChI=1S/C17H26N2O/c1-4-6-7-8-11-14(5-2)20-17-18-15-12-9-10-13-16(15)19(17)3/h9-10,12-14H,4-8,11H2,1-3H3. The van der Waals surface area contributed by atoms with Crippen LogP contribution in [0.25, 0.3) is 11.0 Å². The summed E-state index contributed by atoms with van der Waals surface area (Å²) in [4.78, 5) is 4.59. The van der Waals surface area contributed by atoms with Crippen molar-refractivity contribution in [1.82, 2.24) is 9.55 Å². The van der Waals surface area contributed by atoms with E-state index in [1.807, 2.05) is 29.8 Å². The molecule has 0 aliphatic rings. The van der Waals surface area contributed by atoms with E-state index in [1.165, 1.54) is 25.7 Å². The summed E-state index contributed by atoms with van der Waals surface area (Å²) < 4.78 is 8.16. The van der Waals surface area contributed by atoms with Crippen LogP contribution < -0.4 is 4.74 Å². The number of para-hydroxylation sites is 2. The van der Waals surface area contributed by atoms with Gasteiger partial charge in [-0.2, -0.15) is 4.98 Å². The Labute approximate surface area is 122 Å². The summed E-state index contributed by atoms with van der Waals surface area (Å²) in [7, 11) is 2.02. The largest absolute Gasteiger partial charge is 0.461 e. The van der Waals surface area contributed by atoms with Crippen molar-refractivity contribution in [2.75, 3.05) is 0 Å². The topological polar surface area (TPSA) is 27.1 Å². The fraction of sp³-hybridized carbons (Fsp3) is 0.588. The highest BCUT2D eigenvalue weighted by molar-refractivity contribution is 5.76. The van der Waals surface area contributed by atoms with Crippen LogP contribution in [-0.2, 0) is 7.05 Å². The first-order valence-corrected chi connectivity index (χ1v) is 7.84. The van der Waals surface area contributed by atoms with Crippen molar-refractivity contribution in [3.63, 3.8) is 0 Å². The Morgan fingerprint density at radius 2 is 1.95 bits per heavy atom. The second-order valence-corrected chi connectivity index (χ2v) is 5.44. The van der Waals surface area contributed by atoms with Crippen LogP contribution in [0.15, 0.2) is 24.3 Å². The van der Waals surface area contributed by atoms with Gasteiger partial charge in [-0.1, -0.05) is 45.2 Å². The number of nitrogens with zero attached hydrogens (tertiary/aromatic N) is 2. The van der Waals surface area contributed by atoms with Gasteiger partial charge in [-0.15, -0.1) is 0 Å². The molecule has 3 heteroatoms. The Kier molecular flexibility index (Phi) is 5.45. The summed E-state index contributed by atoms with van der Waals surface area (Å²) in [6.07, 6.45) is 7.59. The fourth-order valence-corrected chi connectivity index (χ4v) is 2.52. The number of hydrogen-bond acceptors (Lipinski definition) is 2. The summed E-state index contributed by atoms with van der Waals surface area (Å²) in [5.41, 5.74) is 2.13. The van der Waals surface area contributed by atoms with Crippen molar-refractivity contribution in [3.8, 4) is 6.01 Å². The molecule has 110 valence electrons. The van der Waals surface area contributed by atoms with Gasteiger partial charge in [0.15, 0.2) is 0 Å². The maximum Gasteiger partial charge on any atom is 0.297 e. The van der Waals surface area contributed by atoms with E-state index < -0.39 is 0 Å². The van der Waals surface area contributed by atoms with Crippen LogP contribution in [0.5, 0.6) is 6.01 Å². The summed E-state index contributed by atoms with van der Waals surface area (Å²) in [5.74, 6) is 0. The molecule has 0 fully saturated rings. The molecule has 1 heterocycles. The predicted octanol–water partition coefficient (Wildman–Crippen LogP) is 4.70. The molecule has 3 nitrogen and oxygen atoms in total. The van der Waals surface area contributed by atoms with Gasteiger partial charge in [0.05, 0.1) is 11.0 Å². The average molecular weight is 274 g/mol. The van der Waals surface area contributed by atoms with Crippen molar-refractivity contribution in [1.29, 1.82) is 0 Å². The zero-order valence-electron chi connectivity index (χ0n) is 12.9. The number of imidazole rings is 1. The van der Waals surface area contributed by atoms with Crippen LogP contribution in [0.1, 0.15) is 52.4 Å². The van der Waals surface area contributed by atoms with Gasteiger partial charge in [-0.05, 0) is 31.4 Å². The summed E-state index contributed by atoms with van der Waals surface area (Å²) in [6.45, 7) is 4.43. The summed E-state index contributed by atoms with van der Waals surface area (Å²) in [5, 5.41) is 0. The lowest BCUT2D eigenvalue weighted by Gasteiger charge is -2.16. The minimum absolute atomic E-state index is 0.280. The fourth-order valence-electron chi connectivity index (χ4n) is 2.52. The highest BCUT2D eigenvalue weighted by Crippen LogP contribution is 2.22. The maximum atomic E-state index is 6.11. The summed E-state index contributed by atoms with van der Waals surface area (Å²) >= 11 is 0. The summed E-state index contributed by atoms with van der Waals surface area (Å²) in [6, 6.07) is 8.91. The molecule has 1 aromatic heterocycles. The molecule has 0 aliphatic carbocycles. The van der Waals surface area contributed by atoms with Crippen LogP contribution in [-0.4, -0.2) is 15.7 Å². The lowest BCUT2D eigenvalue weighted by atomic mass is 10.1. The lowest BCUT2D eigenvalue weighted by Crippen LogP contribution is -2.17. The molecule has 1 unspecified atom stereocenters. The third kappa shape index (κ3) is 3.53. The Morgan fingerprint density at radius 1 is 1.15 bits per heavy atom. The third-order valence-electron chi connectivity index (χ3n) is 3.85. The Hall–Kier alpha value is -1.51. The van der Waals surface area contributed by atoms with E-state index in [4.69, 9.17) is 4.74 Å². The monoisotopic (exact) mass is 274 g/mol. The molecule has 0 radical (unpaired) electrons. The van der Waals surface area contributed by atoms with Crippen LogP contribution in [0.3, 0.4) is 0 Å². The minimum Gasteiger partial charge on any atom is -0.461 e. The number of rotatable bonds is 8. The van der Waals surface area contributed by atoms with Crippen molar-refractivity contribution in [2.45, 2.75) is 58.5 Å². The second kappa shape index (κ2) is 7.32. The van der Waals surface area contributed by atoms with Crippen molar-refractivity contribution in [3.05, 3.63) is 24.3 Å². The zero-order valence-corrected chi connectivity index (χ0v) is 12.9. The van der Waals surface area contributed by atoms with Crippen LogP contribution in [0.4, 0.5) is 0 Å². The molecule has 0 N–H and O–H groups in total. The molecule has 0 saturated carbocycles. The maximum absolute atomic E-state index is 6.11. The molecule has 2 aromatic rings. The molecule has 0 bridgehead atoms. The van der Waals surface area contributed by atoms with Gasteiger partial charge in [-0.3, -0.25) is 4.57 Å². The van der Waals surface area contributed by atoms with E-state index in [0.29, 0.717) is 0 Å². The van der Waals surface area contributed by atoms with Gasteiger partial charge < -0.3 is 4.74 Å². The molecule has 0 saturated heterocycles. The Morgan fingerprint density at radius 3 is 2.65 bits per heavy atom. The Bertz CT molecular complexity index is 533. The number of fused-ring (bicyclic) bond motifs is 1. The molecule has 20 heavy (non-hydrogen) atoms. The second-order valence-electron chi connectivity index (χ2n) is 5.44. The molecule has 1 atom stereocenters. The van der Waals surface area contributed by atoms with E-state index in [1.54, 1.807) is 0 Å². The average Bonchev–Trinajstić information content (AvgIpc) is 2.79. The van der Waals surface area contributed by atoms with E-state index in [2.05, 4.69) is 24.9 Å². The number of ether oxygens (including phenoxy) is 1. The molecule has 0 amide bonds. The normalized spacial score (nSPS) is 12.8.